The lowest BCUT2D eigenvalue weighted by Crippen LogP contribution is -2.39. The third kappa shape index (κ3) is 4.07. The Hall–Kier alpha value is -2.76. The van der Waals surface area contributed by atoms with Gasteiger partial charge >= 0.3 is 0 Å². The van der Waals surface area contributed by atoms with Gasteiger partial charge < -0.3 is 23.9 Å². The number of oxazole rings is 1. The van der Waals surface area contributed by atoms with Crippen LogP contribution in [0.3, 0.4) is 0 Å². The zero-order valence-corrected chi connectivity index (χ0v) is 14.9. The second-order valence-electron chi connectivity index (χ2n) is 5.76. The van der Waals surface area contributed by atoms with Gasteiger partial charge in [0.25, 0.3) is 0 Å². The maximum atomic E-state index is 9.33. The van der Waals surface area contributed by atoms with Crippen molar-refractivity contribution >= 4 is 5.88 Å². The Morgan fingerprint density at radius 3 is 2.69 bits per heavy atom. The zero-order chi connectivity index (χ0) is 18.4. The molecule has 8 nitrogen and oxygen atoms in total. The van der Waals surface area contributed by atoms with Gasteiger partial charge in [0, 0.05) is 31.7 Å². The number of anilines is 1. The second-order valence-corrected chi connectivity index (χ2v) is 5.76. The molecule has 2 aromatic rings. The van der Waals surface area contributed by atoms with Gasteiger partial charge in [-0.15, -0.1) is 0 Å². The maximum Gasteiger partial charge on any atom is 0.232 e. The van der Waals surface area contributed by atoms with Gasteiger partial charge in [0.15, 0.2) is 11.5 Å². The van der Waals surface area contributed by atoms with Crippen LogP contribution in [-0.4, -0.2) is 63.5 Å². The molecule has 2 heterocycles. The van der Waals surface area contributed by atoms with Gasteiger partial charge in [-0.1, -0.05) is 0 Å². The number of nitrogens with zero attached hydrogens (tertiary/aromatic N) is 3. The topological polar surface area (TPSA) is 92.8 Å². The molecule has 0 unspecified atom stereocenters. The molecule has 0 spiro atoms. The SMILES string of the molecule is COc1ccc(-c2nc(C#N)c(NCCN3CCOCC3)o2)cc1OC. The van der Waals surface area contributed by atoms with Gasteiger partial charge in [0.1, 0.15) is 6.07 Å². The Labute approximate surface area is 152 Å². The summed E-state index contributed by atoms with van der Waals surface area (Å²) in [7, 11) is 3.14. The summed E-state index contributed by atoms with van der Waals surface area (Å²) in [4.78, 5) is 6.57. The van der Waals surface area contributed by atoms with Crippen molar-refractivity contribution in [3.05, 3.63) is 23.9 Å². The minimum absolute atomic E-state index is 0.233. The third-order valence-electron chi connectivity index (χ3n) is 4.18. The molecule has 0 bridgehead atoms. The first-order valence-corrected chi connectivity index (χ1v) is 8.42. The van der Waals surface area contributed by atoms with Crippen molar-refractivity contribution in [2.45, 2.75) is 0 Å². The molecular weight excluding hydrogens is 336 g/mol. The lowest BCUT2D eigenvalue weighted by atomic mass is 10.2. The molecule has 1 saturated heterocycles. The van der Waals surface area contributed by atoms with E-state index < -0.39 is 0 Å². The van der Waals surface area contributed by atoms with Gasteiger partial charge in [0.2, 0.25) is 17.5 Å². The maximum absolute atomic E-state index is 9.33. The molecule has 1 aromatic carbocycles. The number of rotatable bonds is 7. The number of benzene rings is 1. The molecule has 8 heteroatoms. The van der Waals surface area contributed by atoms with E-state index >= 15 is 0 Å². The third-order valence-corrected chi connectivity index (χ3v) is 4.18. The van der Waals surface area contributed by atoms with Gasteiger partial charge in [0.05, 0.1) is 27.4 Å². The van der Waals surface area contributed by atoms with Crippen LogP contribution < -0.4 is 14.8 Å². The summed E-state index contributed by atoms with van der Waals surface area (Å²) in [6, 6.07) is 7.42. The van der Waals surface area contributed by atoms with Crippen molar-refractivity contribution in [1.82, 2.24) is 9.88 Å². The molecule has 26 heavy (non-hydrogen) atoms. The number of ether oxygens (including phenoxy) is 3. The first-order valence-electron chi connectivity index (χ1n) is 8.42. The molecule has 0 amide bonds. The van der Waals surface area contributed by atoms with Crippen LogP contribution in [0.5, 0.6) is 11.5 Å². The number of nitrogens with one attached hydrogen (secondary N) is 1. The largest absolute Gasteiger partial charge is 0.493 e. The fraction of sp³-hybridized carbons (Fsp3) is 0.444. The van der Waals surface area contributed by atoms with E-state index in [0.717, 1.165) is 32.8 Å². The summed E-state index contributed by atoms with van der Waals surface area (Å²) in [5.41, 5.74) is 0.942. The molecular formula is C18H22N4O4. The van der Waals surface area contributed by atoms with E-state index in [1.807, 2.05) is 6.07 Å². The van der Waals surface area contributed by atoms with Crippen molar-refractivity contribution in [2.24, 2.45) is 0 Å². The van der Waals surface area contributed by atoms with Crippen LogP contribution in [0.2, 0.25) is 0 Å². The average molecular weight is 358 g/mol. The Morgan fingerprint density at radius 2 is 2.00 bits per heavy atom. The molecule has 0 aliphatic carbocycles. The molecule has 138 valence electrons. The Morgan fingerprint density at radius 1 is 1.23 bits per heavy atom. The highest BCUT2D eigenvalue weighted by Gasteiger charge is 2.17. The number of methoxy groups -OCH3 is 2. The van der Waals surface area contributed by atoms with Crippen LogP contribution in [0.15, 0.2) is 22.6 Å². The summed E-state index contributed by atoms with van der Waals surface area (Å²) in [6.45, 7) is 4.86. The van der Waals surface area contributed by atoms with Gasteiger partial charge in [-0.25, -0.2) is 0 Å². The van der Waals surface area contributed by atoms with E-state index in [9.17, 15) is 5.26 Å². The van der Waals surface area contributed by atoms with Crippen LogP contribution >= 0.6 is 0 Å². The molecule has 1 N–H and O–H groups in total. The summed E-state index contributed by atoms with van der Waals surface area (Å²) >= 11 is 0. The minimum atomic E-state index is 0.233. The monoisotopic (exact) mass is 358 g/mol. The minimum Gasteiger partial charge on any atom is -0.493 e. The molecule has 0 radical (unpaired) electrons. The lowest BCUT2D eigenvalue weighted by Gasteiger charge is -2.26. The van der Waals surface area contributed by atoms with Gasteiger partial charge in [-0.2, -0.15) is 10.2 Å². The fourth-order valence-electron chi connectivity index (χ4n) is 2.76. The van der Waals surface area contributed by atoms with Crippen LogP contribution in [-0.2, 0) is 4.74 Å². The normalized spacial score (nSPS) is 14.7. The van der Waals surface area contributed by atoms with Crippen LogP contribution in [0, 0.1) is 11.3 Å². The smallest absolute Gasteiger partial charge is 0.232 e. The predicted octanol–water partition coefficient (Wildman–Crippen LogP) is 1.97. The first kappa shape index (κ1) is 18.0. The molecule has 1 aromatic heterocycles. The molecule has 0 saturated carbocycles. The molecule has 3 rings (SSSR count). The Bertz CT molecular complexity index is 778. The summed E-state index contributed by atoms with van der Waals surface area (Å²) in [6.07, 6.45) is 0. The Balaban J connectivity index is 1.71. The number of hydrogen-bond donors (Lipinski definition) is 1. The molecule has 1 aliphatic heterocycles. The van der Waals surface area contributed by atoms with Crippen LogP contribution in [0.4, 0.5) is 5.88 Å². The van der Waals surface area contributed by atoms with E-state index in [2.05, 4.69) is 21.3 Å². The van der Waals surface area contributed by atoms with Crippen molar-refractivity contribution in [1.29, 1.82) is 5.26 Å². The van der Waals surface area contributed by atoms with Crippen molar-refractivity contribution in [3.63, 3.8) is 0 Å². The summed E-state index contributed by atoms with van der Waals surface area (Å²) in [5.74, 6) is 1.93. The average Bonchev–Trinajstić information content (AvgIpc) is 3.11. The van der Waals surface area contributed by atoms with E-state index in [1.54, 1.807) is 26.4 Å². The molecule has 0 atom stereocenters. The van der Waals surface area contributed by atoms with E-state index in [4.69, 9.17) is 18.6 Å². The first-order chi connectivity index (χ1) is 12.7. The lowest BCUT2D eigenvalue weighted by molar-refractivity contribution is 0.0398. The van der Waals surface area contributed by atoms with Crippen molar-refractivity contribution < 1.29 is 18.6 Å². The van der Waals surface area contributed by atoms with Gasteiger partial charge in [-0.3, -0.25) is 4.90 Å². The van der Waals surface area contributed by atoms with E-state index in [-0.39, 0.29) is 5.69 Å². The van der Waals surface area contributed by atoms with Crippen LogP contribution in [0.1, 0.15) is 5.69 Å². The van der Waals surface area contributed by atoms with E-state index in [0.29, 0.717) is 35.4 Å². The quantitative estimate of drug-likeness (QED) is 0.803. The fourth-order valence-corrected chi connectivity index (χ4v) is 2.76. The highest BCUT2D eigenvalue weighted by atomic mass is 16.5. The summed E-state index contributed by atoms with van der Waals surface area (Å²) in [5, 5.41) is 12.5. The summed E-state index contributed by atoms with van der Waals surface area (Å²) < 4.78 is 21.6. The number of morpholine rings is 1. The Kier molecular flexibility index (Phi) is 5.94. The highest BCUT2D eigenvalue weighted by molar-refractivity contribution is 5.63. The van der Waals surface area contributed by atoms with Gasteiger partial charge in [-0.05, 0) is 18.2 Å². The zero-order valence-electron chi connectivity index (χ0n) is 14.9. The molecule has 1 fully saturated rings. The predicted molar refractivity (Wildman–Crippen MR) is 95.5 cm³/mol. The highest BCUT2D eigenvalue weighted by Crippen LogP contribution is 2.33. The van der Waals surface area contributed by atoms with E-state index in [1.165, 1.54) is 0 Å². The number of aromatic nitrogens is 1. The number of hydrogen-bond acceptors (Lipinski definition) is 8. The van der Waals surface area contributed by atoms with Crippen molar-refractivity contribution in [2.75, 3.05) is 58.9 Å². The standard InChI is InChI=1S/C18H22N4O4/c1-23-15-4-3-13(11-16(15)24-2)17-21-14(12-19)18(26-17)20-5-6-22-7-9-25-10-8-22/h3-4,11,20H,5-10H2,1-2H3. The number of nitriles is 1. The van der Waals surface area contributed by atoms with Crippen molar-refractivity contribution in [3.8, 4) is 29.0 Å². The molecule has 1 aliphatic rings. The second kappa shape index (κ2) is 8.56. The van der Waals surface area contributed by atoms with Crippen LogP contribution in [0.25, 0.3) is 11.5 Å².